The number of ether oxygens (including phenoxy) is 1. The number of hydrogen-bond acceptors (Lipinski definition) is 4. The first-order valence-electron chi connectivity index (χ1n) is 6.48. The minimum absolute atomic E-state index is 0.157. The van der Waals surface area contributed by atoms with Gasteiger partial charge in [0, 0.05) is 18.8 Å². The van der Waals surface area contributed by atoms with E-state index in [0.717, 1.165) is 0 Å². The first-order valence-corrected chi connectivity index (χ1v) is 6.48. The number of nitriles is 1. The quantitative estimate of drug-likeness (QED) is 0.896. The highest BCUT2D eigenvalue weighted by molar-refractivity contribution is 5.85. The number of amides is 1. The zero-order valence-electron chi connectivity index (χ0n) is 11.2. The van der Waals surface area contributed by atoms with E-state index in [4.69, 9.17) is 10.00 Å². The number of nitrogens with one attached hydrogen (secondary N) is 1. The fourth-order valence-electron chi connectivity index (χ4n) is 2.23. The predicted molar refractivity (Wildman–Crippen MR) is 71.8 cm³/mol. The fourth-order valence-corrected chi connectivity index (χ4v) is 2.23. The van der Waals surface area contributed by atoms with E-state index in [1.54, 1.807) is 11.0 Å². The standard InChI is InChI=1S/C14H16FN3O2/c1-2-17-14(19)13-9-20-4-3-18(13)12-6-10(8-16)5-11(15)7-12/h5-7,13H,2-4,9H2,1H3,(H,17,19). The third-order valence-electron chi connectivity index (χ3n) is 3.13. The number of anilines is 1. The molecule has 1 N–H and O–H groups in total. The van der Waals surface area contributed by atoms with Crippen molar-refractivity contribution in [3.8, 4) is 6.07 Å². The van der Waals surface area contributed by atoms with Gasteiger partial charge in [0.05, 0.1) is 24.8 Å². The molecule has 1 fully saturated rings. The lowest BCUT2D eigenvalue weighted by atomic mass is 10.1. The summed E-state index contributed by atoms with van der Waals surface area (Å²) in [4.78, 5) is 13.8. The summed E-state index contributed by atoms with van der Waals surface area (Å²) in [6.07, 6.45) is 0. The van der Waals surface area contributed by atoms with E-state index in [0.29, 0.717) is 25.4 Å². The highest BCUT2D eigenvalue weighted by atomic mass is 19.1. The average Bonchev–Trinajstić information content (AvgIpc) is 2.46. The second kappa shape index (κ2) is 6.35. The molecule has 1 aliphatic heterocycles. The van der Waals surface area contributed by atoms with Gasteiger partial charge in [-0.1, -0.05) is 0 Å². The number of carbonyl (C=O) groups is 1. The topological polar surface area (TPSA) is 65.4 Å². The summed E-state index contributed by atoms with van der Waals surface area (Å²) >= 11 is 0. The predicted octanol–water partition coefficient (Wildman–Crippen LogP) is 1.04. The highest BCUT2D eigenvalue weighted by Crippen LogP contribution is 2.22. The third-order valence-corrected chi connectivity index (χ3v) is 3.13. The maximum absolute atomic E-state index is 13.5. The zero-order chi connectivity index (χ0) is 14.5. The molecule has 1 aliphatic rings. The van der Waals surface area contributed by atoms with E-state index in [1.165, 1.54) is 12.1 Å². The Labute approximate surface area is 116 Å². The summed E-state index contributed by atoms with van der Waals surface area (Å²) < 4.78 is 18.9. The number of morpholine rings is 1. The van der Waals surface area contributed by atoms with Crippen molar-refractivity contribution >= 4 is 11.6 Å². The normalized spacial score (nSPS) is 18.4. The second-order valence-electron chi connectivity index (χ2n) is 4.49. The van der Waals surface area contributed by atoms with E-state index in [1.807, 2.05) is 13.0 Å². The van der Waals surface area contributed by atoms with Gasteiger partial charge in [0.2, 0.25) is 5.91 Å². The molecule has 1 amide bonds. The van der Waals surface area contributed by atoms with Crippen LogP contribution in [0.3, 0.4) is 0 Å². The molecule has 2 rings (SSSR count). The van der Waals surface area contributed by atoms with Crippen molar-refractivity contribution < 1.29 is 13.9 Å². The summed E-state index contributed by atoms with van der Waals surface area (Å²) in [5, 5.41) is 11.6. The molecular formula is C14H16FN3O2. The lowest BCUT2D eigenvalue weighted by molar-refractivity contribution is -0.124. The molecule has 0 aromatic heterocycles. The molecule has 1 atom stereocenters. The van der Waals surface area contributed by atoms with Crippen LogP contribution in [0.5, 0.6) is 0 Å². The van der Waals surface area contributed by atoms with Crippen LogP contribution in [0, 0.1) is 17.1 Å². The summed E-state index contributed by atoms with van der Waals surface area (Å²) in [5.74, 6) is -0.643. The molecule has 0 bridgehead atoms. The van der Waals surface area contributed by atoms with Gasteiger partial charge < -0.3 is 15.0 Å². The molecule has 0 saturated carbocycles. The van der Waals surface area contributed by atoms with Gasteiger partial charge in [-0.3, -0.25) is 4.79 Å². The van der Waals surface area contributed by atoms with E-state index < -0.39 is 11.9 Å². The van der Waals surface area contributed by atoms with Crippen molar-refractivity contribution in [3.63, 3.8) is 0 Å². The highest BCUT2D eigenvalue weighted by Gasteiger charge is 2.29. The summed E-state index contributed by atoms with van der Waals surface area (Å²) in [7, 11) is 0. The zero-order valence-corrected chi connectivity index (χ0v) is 11.2. The van der Waals surface area contributed by atoms with E-state index in [2.05, 4.69) is 5.32 Å². The van der Waals surface area contributed by atoms with Crippen molar-refractivity contribution in [1.29, 1.82) is 5.26 Å². The van der Waals surface area contributed by atoms with Crippen LogP contribution in [-0.2, 0) is 9.53 Å². The van der Waals surface area contributed by atoms with Crippen molar-refractivity contribution in [1.82, 2.24) is 5.32 Å². The van der Waals surface area contributed by atoms with Crippen molar-refractivity contribution in [2.45, 2.75) is 13.0 Å². The Kier molecular flexibility index (Phi) is 4.53. The molecule has 6 heteroatoms. The van der Waals surface area contributed by atoms with Gasteiger partial charge in [-0.15, -0.1) is 0 Å². The Balaban J connectivity index is 2.30. The third kappa shape index (κ3) is 3.06. The van der Waals surface area contributed by atoms with Gasteiger partial charge in [0.1, 0.15) is 11.9 Å². The van der Waals surface area contributed by atoms with Gasteiger partial charge >= 0.3 is 0 Å². The molecule has 1 saturated heterocycles. The number of carbonyl (C=O) groups excluding carboxylic acids is 1. The van der Waals surface area contributed by atoms with E-state index in [-0.39, 0.29) is 18.1 Å². The lowest BCUT2D eigenvalue weighted by Gasteiger charge is -2.36. The maximum Gasteiger partial charge on any atom is 0.245 e. The van der Waals surface area contributed by atoms with Crippen LogP contribution in [0.4, 0.5) is 10.1 Å². The first kappa shape index (κ1) is 14.3. The molecule has 0 radical (unpaired) electrons. The Bertz CT molecular complexity index is 542. The Morgan fingerprint density at radius 3 is 3.10 bits per heavy atom. The molecule has 20 heavy (non-hydrogen) atoms. The van der Waals surface area contributed by atoms with Gasteiger partial charge in [0.25, 0.3) is 0 Å². The minimum Gasteiger partial charge on any atom is -0.377 e. The smallest absolute Gasteiger partial charge is 0.245 e. The first-order chi connectivity index (χ1) is 9.65. The molecule has 1 aromatic rings. The van der Waals surface area contributed by atoms with E-state index in [9.17, 15) is 9.18 Å². The Hall–Kier alpha value is -2.13. The second-order valence-corrected chi connectivity index (χ2v) is 4.49. The van der Waals surface area contributed by atoms with Crippen LogP contribution in [0.2, 0.25) is 0 Å². The molecule has 1 aromatic carbocycles. The number of rotatable bonds is 3. The van der Waals surface area contributed by atoms with Crippen LogP contribution in [0.25, 0.3) is 0 Å². The molecular weight excluding hydrogens is 261 g/mol. The lowest BCUT2D eigenvalue weighted by Crippen LogP contribution is -2.54. The molecule has 5 nitrogen and oxygen atoms in total. The average molecular weight is 277 g/mol. The number of benzene rings is 1. The monoisotopic (exact) mass is 277 g/mol. The SMILES string of the molecule is CCNC(=O)C1COCCN1c1cc(F)cc(C#N)c1. The Morgan fingerprint density at radius 2 is 2.40 bits per heavy atom. The number of nitrogens with zero attached hydrogens (tertiary/aromatic N) is 2. The fraction of sp³-hybridized carbons (Fsp3) is 0.429. The Morgan fingerprint density at radius 1 is 1.60 bits per heavy atom. The van der Waals surface area contributed by atoms with Crippen LogP contribution >= 0.6 is 0 Å². The van der Waals surface area contributed by atoms with Crippen LogP contribution < -0.4 is 10.2 Å². The van der Waals surface area contributed by atoms with E-state index >= 15 is 0 Å². The van der Waals surface area contributed by atoms with Crippen LogP contribution in [0.1, 0.15) is 12.5 Å². The molecule has 0 spiro atoms. The van der Waals surface area contributed by atoms with Crippen LogP contribution in [-0.4, -0.2) is 38.3 Å². The largest absolute Gasteiger partial charge is 0.377 e. The number of hydrogen-bond donors (Lipinski definition) is 1. The summed E-state index contributed by atoms with van der Waals surface area (Å²) in [6.45, 7) is 3.56. The summed E-state index contributed by atoms with van der Waals surface area (Å²) in [5.41, 5.74) is 0.766. The van der Waals surface area contributed by atoms with Crippen LogP contribution in [0.15, 0.2) is 18.2 Å². The summed E-state index contributed by atoms with van der Waals surface area (Å²) in [6, 6.07) is 5.50. The van der Waals surface area contributed by atoms with Crippen molar-refractivity contribution in [2.75, 3.05) is 31.2 Å². The van der Waals surface area contributed by atoms with Crippen molar-refractivity contribution in [2.24, 2.45) is 0 Å². The van der Waals surface area contributed by atoms with Gasteiger partial charge in [-0.25, -0.2) is 4.39 Å². The minimum atomic E-state index is -0.503. The number of halogens is 1. The van der Waals surface area contributed by atoms with Gasteiger partial charge in [-0.2, -0.15) is 5.26 Å². The molecule has 1 unspecified atom stereocenters. The molecule has 106 valence electrons. The number of likely N-dealkylation sites (N-methyl/N-ethyl adjacent to an activating group) is 1. The molecule has 0 aliphatic carbocycles. The van der Waals surface area contributed by atoms with Crippen molar-refractivity contribution in [3.05, 3.63) is 29.6 Å². The maximum atomic E-state index is 13.5. The molecule has 1 heterocycles. The van der Waals surface area contributed by atoms with Gasteiger partial charge in [0.15, 0.2) is 0 Å². The van der Waals surface area contributed by atoms with Gasteiger partial charge in [-0.05, 0) is 25.1 Å².